The van der Waals surface area contributed by atoms with Crippen LogP contribution in [0.2, 0.25) is 0 Å². The van der Waals surface area contributed by atoms with Gasteiger partial charge in [-0.2, -0.15) is 0 Å². The summed E-state index contributed by atoms with van der Waals surface area (Å²) in [5.41, 5.74) is 2.20. The molecule has 82 valence electrons. The Hall–Kier alpha value is -2.03. The van der Waals surface area contributed by atoms with Crippen LogP contribution in [-0.4, -0.2) is 17.9 Å². The number of aromatic amines is 1. The fourth-order valence-electron chi connectivity index (χ4n) is 1.62. The van der Waals surface area contributed by atoms with E-state index in [4.69, 9.17) is 4.74 Å². The maximum Gasteiger partial charge on any atom is 0.212 e. The number of carbonyl (C=O) groups excluding carboxylic acids is 1. The first-order valence-corrected chi connectivity index (χ1v) is 5.05. The van der Waals surface area contributed by atoms with E-state index in [9.17, 15) is 4.79 Å². The van der Waals surface area contributed by atoms with E-state index in [-0.39, 0.29) is 5.78 Å². The van der Waals surface area contributed by atoms with Gasteiger partial charge in [0.15, 0.2) is 0 Å². The summed E-state index contributed by atoms with van der Waals surface area (Å²) in [5.74, 6) is 0.552. The van der Waals surface area contributed by atoms with E-state index < -0.39 is 0 Å². The number of hydrogen-bond donors (Lipinski definition) is 1. The summed E-state index contributed by atoms with van der Waals surface area (Å²) in [6, 6.07) is 9.12. The minimum Gasteiger partial charge on any atom is -0.496 e. The average Bonchev–Trinajstić information content (AvgIpc) is 2.81. The number of ketones is 1. The van der Waals surface area contributed by atoms with Crippen molar-refractivity contribution >= 4 is 5.78 Å². The highest BCUT2D eigenvalue weighted by Gasteiger charge is 2.14. The van der Waals surface area contributed by atoms with Crippen LogP contribution in [0.5, 0.6) is 5.75 Å². The number of ether oxygens (including phenoxy) is 1. The van der Waals surface area contributed by atoms with Gasteiger partial charge in [0.1, 0.15) is 5.75 Å². The third-order valence-corrected chi connectivity index (χ3v) is 2.44. The zero-order chi connectivity index (χ0) is 11.5. The van der Waals surface area contributed by atoms with Crippen LogP contribution in [-0.2, 0) is 0 Å². The Morgan fingerprint density at radius 3 is 2.75 bits per heavy atom. The summed E-state index contributed by atoms with van der Waals surface area (Å²) in [7, 11) is 1.57. The Labute approximate surface area is 94.1 Å². The van der Waals surface area contributed by atoms with Crippen LogP contribution >= 0.6 is 0 Å². The van der Waals surface area contributed by atoms with Crippen LogP contribution in [0.15, 0.2) is 36.5 Å². The van der Waals surface area contributed by atoms with Crippen molar-refractivity contribution in [1.82, 2.24) is 4.98 Å². The van der Waals surface area contributed by atoms with Gasteiger partial charge in [0.25, 0.3) is 0 Å². The van der Waals surface area contributed by atoms with Crippen LogP contribution in [0, 0.1) is 6.92 Å². The highest BCUT2D eigenvalue weighted by molar-refractivity contribution is 6.09. The maximum atomic E-state index is 12.1. The van der Waals surface area contributed by atoms with Gasteiger partial charge < -0.3 is 9.72 Å². The second-order valence-corrected chi connectivity index (χ2v) is 3.62. The summed E-state index contributed by atoms with van der Waals surface area (Å²) in [6.07, 6.45) is 1.73. The molecule has 1 aromatic carbocycles. The van der Waals surface area contributed by atoms with Crippen LogP contribution in [0.4, 0.5) is 0 Å². The molecule has 0 aliphatic heterocycles. The number of hydrogen-bond acceptors (Lipinski definition) is 2. The van der Waals surface area contributed by atoms with Crippen LogP contribution in [0.1, 0.15) is 21.6 Å². The molecule has 1 aromatic heterocycles. The van der Waals surface area contributed by atoms with Crippen LogP contribution < -0.4 is 4.74 Å². The van der Waals surface area contributed by atoms with E-state index >= 15 is 0 Å². The van der Waals surface area contributed by atoms with Crippen molar-refractivity contribution < 1.29 is 9.53 Å². The van der Waals surface area contributed by atoms with Gasteiger partial charge in [0.2, 0.25) is 5.78 Å². The molecular weight excluding hydrogens is 202 g/mol. The van der Waals surface area contributed by atoms with Crippen molar-refractivity contribution in [1.29, 1.82) is 0 Å². The topological polar surface area (TPSA) is 42.1 Å². The second-order valence-electron chi connectivity index (χ2n) is 3.62. The fourth-order valence-corrected chi connectivity index (χ4v) is 1.62. The highest BCUT2D eigenvalue weighted by Crippen LogP contribution is 2.22. The Morgan fingerprint density at radius 1 is 1.31 bits per heavy atom. The summed E-state index contributed by atoms with van der Waals surface area (Å²) in [5, 5.41) is 0. The van der Waals surface area contributed by atoms with Crippen molar-refractivity contribution in [2.75, 3.05) is 7.11 Å². The molecule has 0 bridgehead atoms. The Bertz CT molecular complexity index is 501. The van der Waals surface area contributed by atoms with Crippen molar-refractivity contribution in [2.24, 2.45) is 0 Å². The fraction of sp³-hybridized carbons (Fsp3) is 0.154. The van der Waals surface area contributed by atoms with Gasteiger partial charge in [0, 0.05) is 6.20 Å². The zero-order valence-electron chi connectivity index (χ0n) is 9.28. The smallest absolute Gasteiger partial charge is 0.212 e. The SMILES string of the molecule is COc1ccc(C)cc1C(=O)c1ccc[nH]1. The molecule has 0 aliphatic rings. The second kappa shape index (κ2) is 4.23. The normalized spacial score (nSPS) is 10.1. The van der Waals surface area contributed by atoms with Gasteiger partial charge in [-0.15, -0.1) is 0 Å². The summed E-state index contributed by atoms with van der Waals surface area (Å²) in [6.45, 7) is 1.95. The largest absolute Gasteiger partial charge is 0.496 e. The van der Waals surface area contributed by atoms with Crippen molar-refractivity contribution in [3.05, 3.63) is 53.3 Å². The number of methoxy groups -OCH3 is 1. The van der Waals surface area contributed by atoms with E-state index in [1.165, 1.54) is 0 Å². The van der Waals surface area contributed by atoms with E-state index in [1.807, 2.05) is 25.1 Å². The van der Waals surface area contributed by atoms with Gasteiger partial charge >= 0.3 is 0 Å². The minimum absolute atomic E-state index is 0.0504. The molecule has 0 saturated heterocycles. The number of aryl methyl sites for hydroxylation is 1. The number of rotatable bonds is 3. The summed E-state index contributed by atoms with van der Waals surface area (Å²) in [4.78, 5) is 15.0. The molecule has 0 atom stereocenters. The monoisotopic (exact) mass is 215 g/mol. The molecule has 2 aromatic rings. The molecule has 0 amide bonds. The lowest BCUT2D eigenvalue weighted by Gasteiger charge is -2.07. The third-order valence-electron chi connectivity index (χ3n) is 2.44. The van der Waals surface area contributed by atoms with Crippen molar-refractivity contribution in [3.63, 3.8) is 0 Å². The van der Waals surface area contributed by atoms with E-state index in [2.05, 4.69) is 4.98 Å². The first kappa shape index (κ1) is 10.5. The molecule has 3 nitrogen and oxygen atoms in total. The Morgan fingerprint density at radius 2 is 2.12 bits per heavy atom. The molecule has 0 aliphatic carbocycles. The highest BCUT2D eigenvalue weighted by atomic mass is 16.5. The maximum absolute atomic E-state index is 12.1. The van der Waals surface area contributed by atoms with Gasteiger partial charge in [-0.1, -0.05) is 11.6 Å². The van der Waals surface area contributed by atoms with Crippen molar-refractivity contribution in [3.8, 4) is 5.75 Å². The number of benzene rings is 1. The van der Waals surface area contributed by atoms with E-state index in [0.717, 1.165) is 5.56 Å². The Balaban J connectivity index is 2.47. The molecule has 16 heavy (non-hydrogen) atoms. The first-order valence-electron chi connectivity index (χ1n) is 5.05. The molecule has 3 heteroatoms. The van der Waals surface area contributed by atoms with Crippen LogP contribution in [0.25, 0.3) is 0 Å². The summed E-state index contributed by atoms with van der Waals surface area (Å²) >= 11 is 0. The quantitative estimate of drug-likeness (QED) is 0.799. The number of H-pyrrole nitrogens is 1. The summed E-state index contributed by atoms with van der Waals surface area (Å²) < 4.78 is 5.18. The van der Waals surface area contributed by atoms with Gasteiger partial charge in [-0.3, -0.25) is 4.79 Å². The molecule has 0 saturated carbocycles. The number of nitrogens with one attached hydrogen (secondary N) is 1. The predicted octanol–water partition coefficient (Wildman–Crippen LogP) is 2.56. The number of carbonyl (C=O) groups is 1. The van der Waals surface area contributed by atoms with Gasteiger partial charge in [-0.05, 0) is 31.2 Å². The van der Waals surface area contributed by atoms with Crippen molar-refractivity contribution in [2.45, 2.75) is 6.92 Å². The lowest BCUT2D eigenvalue weighted by atomic mass is 10.0. The molecular formula is C13H13NO2. The molecule has 0 fully saturated rings. The molecule has 1 heterocycles. The van der Waals surface area contributed by atoms with E-state index in [1.54, 1.807) is 25.4 Å². The predicted molar refractivity (Wildman–Crippen MR) is 62.0 cm³/mol. The van der Waals surface area contributed by atoms with Crippen LogP contribution in [0.3, 0.4) is 0 Å². The lowest BCUT2D eigenvalue weighted by Crippen LogP contribution is -2.04. The van der Waals surface area contributed by atoms with Gasteiger partial charge in [-0.25, -0.2) is 0 Å². The van der Waals surface area contributed by atoms with E-state index in [0.29, 0.717) is 17.0 Å². The third kappa shape index (κ3) is 1.84. The zero-order valence-corrected chi connectivity index (χ0v) is 9.28. The Kier molecular flexibility index (Phi) is 2.77. The molecule has 0 spiro atoms. The minimum atomic E-state index is -0.0504. The van der Waals surface area contributed by atoms with Gasteiger partial charge in [0.05, 0.1) is 18.4 Å². The standard InChI is InChI=1S/C13H13NO2/c1-9-5-6-12(16-2)10(8-9)13(15)11-4-3-7-14-11/h3-8,14H,1-2H3. The average molecular weight is 215 g/mol. The molecule has 0 radical (unpaired) electrons. The molecule has 2 rings (SSSR count). The number of aromatic nitrogens is 1. The lowest BCUT2D eigenvalue weighted by molar-refractivity contribution is 0.103. The molecule has 0 unspecified atom stereocenters. The first-order chi connectivity index (χ1) is 7.72. The molecule has 1 N–H and O–H groups in total.